The van der Waals surface area contributed by atoms with Crippen LogP contribution < -0.4 is 5.32 Å². The zero-order valence-electron chi connectivity index (χ0n) is 9.20. The smallest absolute Gasteiger partial charge is 0.320 e. The molecular formula is C11H11ClFN3O. The van der Waals surface area contributed by atoms with E-state index < -0.39 is 0 Å². The van der Waals surface area contributed by atoms with Gasteiger partial charge in [-0.2, -0.15) is 0 Å². The van der Waals surface area contributed by atoms with Crippen LogP contribution in [0.5, 0.6) is 0 Å². The number of benzene rings is 1. The largest absolute Gasteiger partial charge is 0.408 e. The zero-order chi connectivity index (χ0) is 12.3. The van der Waals surface area contributed by atoms with E-state index >= 15 is 0 Å². The highest BCUT2D eigenvalue weighted by molar-refractivity contribution is 6.17. The second-order valence-corrected chi connectivity index (χ2v) is 3.91. The van der Waals surface area contributed by atoms with Gasteiger partial charge in [-0.1, -0.05) is 5.10 Å². The maximum Gasteiger partial charge on any atom is 0.320 e. The van der Waals surface area contributed by atoms with Crippen LogP contribution in [0.15, 0.2) is 22.6 Å². The first-order chi connectivity index (χ1) is 8.19. The molecule has 1 aromatic heterocycles. The van der Waals surface area contributed by atoms with E-state index in [1.165, 1.54) is 6.07 Å². The van der Waals surface area contributed by atoms with Crippen molar-refractivity contribution in [3.63, 3.8) is 0 Å². The molecule has 6 heteroatoms. The van der Waals surface area contributed by atoms with E-state index in [2.05, 4.69) is 15.5 Å². The Morgan fingerprint density at radius 2 is 2.24 bits per heavy atom. The summed E-state index contributed by atoms with van der Waals surface area (Å²) in [5.74, 6) is 0.655. The molecule has 0 unspecified atom stereocenters. The molecule has 90 valence electrons. The summed E-state index contributed by atoms with van der Waals surface area (Å²) in [7, 11) is 0. The molecule has 0 saturated carbocycles. The molecule has 2 rings (SSSR count). The van der Waals surface area contributed by atoms with Gasteiger partial charge >= 0.3 is 6.01 Å². The molecule has 1 aromatic carbocycles. The molecule has 0 aliphatic heterocycles. The monoisotopic (exact) mass is 255 g/mol. The average Bonchev–Trinajstić information content (AvgIpc) is 2.72. The van der Waals surface area contributed by atoms with Crippen molar-refractivity contribution in [3.8, 4) is 0 Å². The molecule has 1 heterocycles. The van der Waals surface area contributed by atoms with E-state index in [1.807, 2.05) is 0 Å². The van der Waals surface area contributed by atoms with Gasteiger partial charge in [-0.15, -0.1) is 16.7 Å². The Balaban J connectivity index is 2.11. The van der Waals surface area contributed by atoms with E-state index in [4.69, 9.17) is 16.0 Å². The lowest BCUT2D eigenvalue weighted by Gasteiger charge is -2.02. The normalized spacial score (nSPS) is 10.5. The highest BCUT2D eigenvalue weighted by Crippen LogP contribution is 2.18. The molecule has 4 nitrogen and oxygen atoms in total. The Bertz CT molecular complexity index is 515. The minimum atomic E-state index is -0.246. The Labute approximate surface area is 103 Å². The Hall–Kier alpha value is -1.62. The summed E-state index contributed by atoms with van der Waals surface area (Å²) in [6.45, 7) is 1.69. The van der Waals surface area contributed by atoms with Crippen LogP contribution in [-0.2, 0) is 6.42 Å². The highest BCUT2D eigenvalue weighted by atomic mass is 35.5. The van der Waals surface area contributed by atoms with Gasteiger partial charge in [0, 0.05) is 18.0 Å². The maximum absolute atomic E-state index is 13.0. The van der Waals surface area contributed by atoms with Crippen LogP contribution in [-0.4, -0.2) is 16.1 Å². The number of nitrogens with one attached hydrogen (secondary N) is 1. The lowest BCUT2D eigenvalue weighted by atomic mass is 10.2. The van der Waals surface area contributed by atoms with Crippen molar-refractivity contribution in [1.82, 2.24) is 10.2 Å². The molecule has 2 aromatic rings. The fraction of sp³-hybridized carbons (Fsp3) is 0.273. The van der Waals surface area contributed by atoms with E-state index in [1.54, 1.807) is 19.1 Å². The minimum Gasteiger partial charge on any atom is -0.408 e. The van der Waals surface area contributed by atoms with Gasteiger partial charge in [-0.25, -0.2) is 4.39 Å². The molecule has 17 heavy (non-hydrogen) atoms. The van der Waals surface area contributed by atoms with E-state index in [0.29, 0.717) is 29.4 Å². The van der Waals surface area contributed by atoms with Gasteiger partial charge in [0.25, 0.3) is 0 Å². The van der Waals surface area contributed by atoms with E-state index in [0.717, 1.165) is 0 Å². The van der Waals surface area contributed by atoms with Crippen molar-refractivity contribution in [2.75, 3.05) is 11.2 Å². The van der Waals surface area contributed by atoms with Gasteiger partial charge in [0.1, 0.15) is 5.82 Å². The molecule has 0 fully saturated rings. The highest BCUT2D eigenvalue weighted by Gasteiger charge is 2.06. The number of alkyl halides is 1. The summed E-state index contributed by atoms with van der Waals surface area (Å²) in [4.78, 5) is 0. The van der Waals surface area contributed by atoms with Crippen LogP contribution in [0.4, 0.5) is 16.1 Å². The Kier molecular flexibility index (Phi) is 3.58. The van der Waals surface area contributed by atoms with Crippen LogP contribution in [0.3, 0.4) is 0 Å². The number of aryl methyl sites for hydroxylation is 2. The lowest BCUT2D eigenvalue weighted by molar-refractivity contribution is 0.516. The molecular weight excluding hydrogens is 245 g/mol. The first-order valence-corrected chi connectivity index (χ1v) is 5.64. The van der Waals surface area contributed by atoms with Crippen molar-refractivity contribution in [2.24, 2.45) is 0 Å². The van der Waals surface area contributed by atoms with Crippen LogP contribution >= 0.6 is 11.6 Å². The first kappa shape index (κ1) is 11.9. The molecule has 0 bridgehead atoms. The Morgan fingerprint density at radius 3 is 2.94 bits per heavy atom. The number of aromatic nitrogens is 2. The third-order valence-electron chi connectivity index (χ3n) is 2.18. The summed E-state index contributed by atoms with van der Waals surface area (Å²) in [5.41, 5.74) is 1.25. The van der Waals surface area contributed by atoms with Crippen molar-refractivity contribution in [2.45, 2.75) is 13.3 Å². The van der Waals surface area contributed by atoms with Crippen LogP contribution in [0, 0.1) is 12.7 Å². The van der Waals surface area contributed by atoms with E-state index in [9.17, 15) is 4.39 Å². The second-order valence-electron chi connectivity index (χ2n) is 3.53. The molecule has 1 N–H and O–H groups in total. The number of rotatable bonds is 4. The average molecular weight is 256 g/mol. The fourth-order valence-corrected chi connectivity index (χ4v) is 1.49. The van der Waals surface area contributed by atoms with E-state index in [-0.39, 0.29) is 11.8 Å². The zero-order valence-corrected chi connectivity index (χ0v) is 9.96. The van der Waals surface area contributed by atoms with Crippen molar-refractivity contribution in [1.29, 1.82) is 0 Å². The third kappa shape index (κ3) is 2.94. The number of hydrogen-bond acceptors (Lipinski definition) is 4. The van der Waals surface area contributed by atoms with Crippen LogP contribution in [0.2, 0.25) is 0 Å². The van der Waals surface area contributed by atoms with Gasteiger partial charge in [0.15, 0.2) is 0 Å². The topological polar surface area (TPSA) is 51.0 Å². The van der Waals surface area contributed by atoms with Crippen molar-refractivity contribution >= 4 is 23.3 Å². The van der Waals surface area contributed by atoms with Crippen LogP contribution in [0.1, 0.15) is 11.5 Å². The summed E-state index contributed by atoms with van der Waals surface area (Å²) in [5, 5.41) is 10.5. The maximum atomic E-state index is 13.0. The molecule has 0 aliphatic carbocycles. The van der Waals surface area contributed by atoms with Gasteiger partial charge in [-0.3, -0.25) is 0 Å². The summed E-state index contributed by atoms with van der Waals surface area (Å²) in [6, 6.07) is 4.93. The summed E-state index contributed by atoms with van der Waals surface area (Å²) >= 11 is 5.55. The van der Waals surface area contributed by atoms with Gasteiger partial charge in [-0.05, 0) is 30.7 Å². The molecule has 0 atom stereocenters. The quantitative estimate of drug-likeness (QED) is 0.853. The molecule has 0 aliphatic rings. The van der Waals surface area contributed by atoms with Crippen molar-refractivity contribution < 1.29 is 8.81 Å². The standard InChI is InChI=1S/C11H11ClFN3O/c1-7-6-8(2-3-9(7)13)14-11-16-15-10(17-11)4-5-12/h2-3,6H,4-5H2,1H3,(H,14,16). The predicted octanol–water partition coefficient (Wildman–Crippen LogP) is 3.04. The van der Waals surface area contributed by atoms with Crippen molar-refractivity contribution in [3.05, 3.63) is 35.5 Å². The predicted molar refractivity (Wildman–Crippen MR) is 63.1 cm³/mol. The van der Waals surface area contributed by atoms with Gasteiger partial charge < -0.3 is 9.73 Å². The number of anilines is 2. The Morgan fingerprint density at radius 1 is 1.41 bits per heavy atom. The molecule has 0 saturated heterocycles. The molecule has 0 amide bonds. The molecule has 0 spiro atoms. The lowest BCUT2D eigenvalue weighted by Crippen LogP contribution is -1.92. The molecule has 0 radical (unpaired) electrons. The minimum absolute atomic E-state index is 0.246. The van der Waals surface area contributed by atoms with Gasteiger partial charge in [0.2, 0.25) is 5.89 Å². The fourth-order valence-electron chi connectivity index (χ4n) is 1.33. The summed E-state index contributed by atoms with van der Waals surface area (Å²) in [6.07, 6.45) is 0.526. The summed E-state index contributed by atoms with van der Waals surface area (Å²) < 4.78 is 18.3. The number of hydrogen-bond donors (Lipinski definition) is 1. The third-order valence-corrected chi connectivity index (χ3v) is 2.37. The SMILES string of the molecule is Cc1cc(Nc2nnc(CCCl)o2)ccc1F. The second kappa shape index (κ2) is 5.14. The van der Waals surface area contributed by atoms with Gasteiger partial charge in [0.05, 0.1) is 0 Å². The first-order valence-electron chi connectivity index (χ1n) is 5.10. The van der Waals surface area contributed by atoms with Crippen LogP contribution in [0.25, 0.3) is 0 Å². The number of halogens is 2. The number of nitrogens with zero attached hydrogens (tertiary/aromatic N) is 2.